The number of aliphatic carboxylic acids is 3. The van der Waals surface area contributed by atoms with Gasteiger partial charge in [-0.25, -0.2) is 4.79 Å². The lowest BCUT2D eigenvalue weighted by atomic mass is 10.3. The number of rotatable bonds is 4. The molecular formula is C9H18N2O8. The van der Waals surface area contributed by atoms with E-state index in [0.717, 1.165) is 6.92 Å². The van der Waals surface area contributed by atoms with E-state index < -0.39 is 42.4 Å². The molecule has 0 aliphatic carbocycles. The fourth-order valence-electron chi connectivity index (χ4n) is 0.0781. The number of carbonyl (C=O) groups excluding carboxylic acids is 1. The molecule has 0 radical (unpaired) electrons. The van der Waals surface area contributed by atoms with Crippen LogP contribution in [-0.4, -0.2) is 62.8 Å². The smallest absolute Gasteiger partial charge is 0.371 e. The molecule has 0 rings (SSSR count). The number of ketones is 1. The second-order valence-electron chi connectivity index (χ2n) is 3.12. The second kappa shape index (κ2) is 12.4. The van der Waals surface area contributed by atoms with Crippen LogP contribution in [-0.2, 0) is 19.2 Å². The van der Waals surface area contributed by atoms with E-state index in [-0.39, 0.29) is 0 Å². The Bertz CT molecular complexity index is 303. The summed E-state index contributed by atoms with van der Waals surface area (Å²) in [5, 5.41) is 31.4. The number of carbonyl (C=O) groups is 4. The summed E-state index contributed by atoms with van der Waals surface area (Å²) >= 11 is 0. The highest BCUT2D eigenvalue weighted by molar-refractivity contribution is 6.31. The molecule has 2 unspecified atom stereocenters. The van der Waals surface area contributed by atoms with Crippen LogP contribution in [0.2, 0.25) is 0 Å². The summed E-state index contributed by atoms with van der Waals surface area (Å²) in [4.78, 5) is 38.1. The van der Waals surface area contributed by atoms with Crippen LogP contribution in [0.4, 0.5) is 0 Å². The SMILES string of the molecule is CC(=O)C(=O)O.CC(N)C(=O)O.NC(CO)C(=O)O. The molecule has 0 fully saturated rings. The first-order valence-electron chi connectivity index (χ1n) is 4.78. The monoisotopic (exact) mass is 282 g/mol. The molecule has 0 saturated carbocycles. The van der Waals surface area contributed by atoms with Gasteiger partial charge in [-0.3, -0.25) is 14.4 Å². The number of Topliss-reactive ketones (excluding diaryl/α,β-unsaturated/α-hetero) is 1. The summed E-state index contributed by atoms with van der Waals surface area (Å²) in [5.41, 5.74) is 9.60. The number of nitrogens with two attached hydrogens (primary N) is 2. The first kappa shape index (κ1) is 22.2. The lowest BCUT2D eigenvalue weighted by Crippen LogP contribution is -2.33. The van der Waals surface area contributed by atoms with Gasteiger partial charge in [0.05, 0.1) is 6.61 Å². The molecular weight excluding hydrogens is 264 g/mol. The van der Waals surface area contributed by atoms with Crippen molar-refractivity contribution >= 4 is 23.7 Å². The third kappa shape index (κ3) is 21.7. The number of hydrogen-bond acceptors (Lipinski definition) is 7. The van der Waals surface area contributed by atoms with Crippen molar-refractivity contribution in [3.63, 3.8) is 0 Å². The lowest BCUT2D eigenvalue weighted by molar-refractivity contribution is -0.148. The predicted octanol–water partition coefficient (Wildman–Crippen LogP) is -2.53. The molecule has 0 saturated heterocycles. The van der Waals surface area contributed by atoms with Gasteiger partial charge < -0.3 is 31.9 Å². The zero-order chi connectivity index (χ0) is 16.2. The number of hydrogen-bond donors (Lipinski definition) is 6. The van der Waals surface area contributed by atoms with Crippen LogP contribution < -0.4 is 11.5 Å². The Labute approximate surface area is 108 Å². The van der Waals surface area contributed by atoms with E-state index in [1.807, 2.05) is 0 Å². The van der Waals surface area contributed by atoms with Crippen LogP contribution in [0.5, 0.6) is 0 Å². The highest BCUT2D eigenvalue weighted by atomic mass is 16.4. The minimum absolute atomic E-state index is 0.505. The molecule has 0 aliphatic heterocycles. The Morgan fingerprint density at radius 2 is 1.26 bits per heavy atom. The standard InChI is InChI=1S/C3H7NO3.C3H7NO2.C3H4O3/c4-2(1-5)3(6)7;2*1-2(4)3(5)6/h2,5H,1,4H2,(H,6,7);2H,4H2,1H3,(H,5,6);1H3,(H,5,6). The van der Waals surface area contributed by atoms with Gasteiger partial charge in [-0.15, -0.1) is 0 Å². The average molecular weight is 282 g/mol. The van der Waals surface area contributed by atoms with Crippen LogP contribution in [0.3, 0.4) is 0 Å². The van der Waals surface area contributed by atoms with Crippen LogP contribution in [0, 0.1) is 0 Å². The molecule has 0 heterocycles. The maximum atomic E-state index is 9.65. The third-order valence-corrected chi connectivity index (χ3v) is 1.20. The molecule has 0 spiro atoms. The Morgan fingerprint density at radius 3 is 1.26 bits per heavy atom. The third-order valence-electron chi connectivity index (χ3n) is 1.20. The van der Waals surface area contributed by atoms with Crippen molar-refractivity contribution in [3.8, 4) is 0 Å². The van der Waals surface area contributed by atoms with Crippen molar-refractivity contribution in [2.24, 2.45) is 11.5 Å². The molecule has 2 atom stereocenters. The Balaban J connectivity index is -0.000000203. The predicted molar refractivity (Wildman–Crippen MR) is 62.3 cm³/mol. The Hall–Kier alpha value is -2.04. The molecule has 0 aliphatic rings. The molecule has 0 aromatic carbocycles. The largest absolute Gasteiger partial charge is 0.480 e. The highest BCUT2D eigenvalue weighted by Gasteiger charge is 2.07. The summed E-state index contributed by atoms with van der Waals surface area (Å²) in [6.07, 6.45) is 0. The van der Waals surface area contributed by atoms with Gasteiger partial charge in [0.1, 0.15) is 12.1 Å². The van der Waals surface area contributed by atoms with E-state index in [9.17, 15) is 19.2 Å². The summed E-state index contributed by atoms with van der Waals surface area (Å²) in [6.45, 7) is 1.92. The lowest BCUT2D eigenvalue weighted by Gasteiger charge is -1.96. The van der Waals surface area contributed by atoms with Gasteiger partial charge in [0.25, 0.3) is 0 Å². The summed E-state index contributed by atoms with van der Waals surface area (Å²) in [6, 6.07) is -1.86. The van der Waals surface area contributed by atoms with Gasteiger partial charge >= 0.3 is 17.9 Å². The summed E-state index contributed by atoms with van der Waals surface area (Å²) in [5.74, 6) is -4.34. The van der Waals surface area contributed by atoms with Crippen LogP contribution in [0.25, 0.3) is 0 Å². The first-order chi connectivity index (χ1) is 8.47. The average Bonchev–Trinajstić information content (AvgIpc) is 2.29. The summed E-state index contributed by atoms with van der Waals surface area (Å²) in [7, 11) is 0. The molecule has 0 aromatic rings. The van der Waals surface area contributed by atoms with Gasteiger partial charge in [-0.05, 0) is 6.92 Å². The fraction of sp³-hybridized carbons (Fsp3) is 0.556. The van der Waals surface area contributed by atoms with E-state index in [2.05, 4.69) is 0 Å². The number of aliphatic hydroxyl groups is 1. The number of aliphatic hydroxyl groups excluding tert-OH is 1. The zero-order valence-electron chi connectivity index (χ0n) is 10.4. The molecule has 0 aromatic heterocycles. The van der Waals surface area contributed by atoms with Gasteiger partial charge in [-0.2, -0.15) is 0 Å². The molecule has 112 valence electrons. The van der Waals surface area contributed by atoms with Crippen molar-refractivity contribution < 1.29 is 39.6 Å². The maximum Gasteiger partial charge on any atom is 0.371 e. The number of carboxylic acids is 3. The van der Waals surface area contributed by atoms with Gasteiger partial charge in [-0.1, -0.05) is 0 Å². The Kier molecular flexibility index (Phi) is 14.5. The molecule has 0 amide bonds. The topological polar surface area (TPSA) is 201 Å². The minimum Gasteiger partial charge on any atom is -0.480 e. The van der Waals surface area contributed by atoms with E-state index in [1.54, 1.807) is 0 Å². The molecule has 8 N–H and O–H groups in total. The van der Waals surface area contributed by atoms with Crippen molar-refractivity contribution in [2.75, 3.05) is 6.61 Å². The molecule has 19 heavy (non-hydrogen) atoms. The molecule has 10 heteroatoms. The van der Waals surface area contributed by atoms with Gasteiger partial charge in [0, 0.05) is 6.92 Å². The van der Waals surface area contributed by atoms with Crippen molar-refractivity contribution in [1.82, 2.24) is 0 Å². The maximum absolute atomic E-state index is 9.65. The van der Waals surface area contributed by atoms with Crippen molar-refractivity contribution in [3.05, 3.63) is 0 Å². The summed E-state index contributed by atoms with van der Waals surface area (Å²) < 4.78 is 0. The van der Waals surface area contributed by atoms with E-state index in [1.165, 1.54) is 6.92 Å². The zero-order valence-corrected chi connectivity index (χ0v) is 10.4. The van der Waals surface area contributed by atoms with E-state index in [4.69, 9.17) is 31.9 Å². The van der Waals surface area contributed by atoms with Crippen LogP contribution >= 0.6 is 0 Å². The van der Waals surface area contributed by atoms with Crippen molar-refractivity contribution in [2.45, 2.75) is 25.9 Å². The van der Waals surface area contributed by atoms with Crippen molar-refractivity contribution in [1.29, 1.82) is 0 Å². The van der Waals surface area contributed by atoms with Crippen LogP contribution in [0.15, 0.2) is 0 Å². The quantitative estimate of drug-likeness (QED) is 0.298. The molecule has 10 nitrogen and oxygen atoms in total. The highest BCUT2D eigenvalue weighted by Crippen LogP contribution is 1.71. The molecule has 0 bridgehead atoms. The fourth-order valence-corrected chi connectivity index (χ4v) is 0.0781. The van der Waals surface area contributed by atoms with Gasteiger partial charge in [0.2, 0.25) is 5.78 Å². The second-order valence-corrected chi connectivity index (χ2v) is 3.12. The normalized spacial score (nSPS) is 11.6. The Morgan fingerprint density at radius 1 is 1.00 bits per heavy atom. The van der Waals surface area contributed by atoms with E-state index in [0.29, 0.717) is 0 Å². The minimum atomic E-state index is -1.38. The van der Waals surface area contributed by atoms with E-state index >= 15 is 0 Å². The first-order valence-corrected chi connectivity index (χ1v) is 4.78. The van der Waals surface area contributed by atoms with Crippen LogP contribution in [0.1, 0.15) is 13.8 Å². The number of carboxylic acid groups (broad SMARTS) is 3. The van der Waals surface area contributed by atoms with Gasteiger partial charge in [0.15, 0.2) is 0 Å².